The second kappa shape index (κ2) is 7.67. The fourth-order valence-corrected chi connectivity index (χ4v) is 4.63. The summed E-state index contributed by atoms with van der Waals surface area (Å²) in [4.78, 5) is 2.38. The number of benzene rings is 3. The summed E-state index contributed by atoms with van der Waals surface area (Å²) in [5.74, 6) is 0.385. The van der Waals surface area contributed by atoms with E-state index in [1.165, 1.54) is 5.56 Å². The number of rotatable bonds is 4. The molecule has 1 N–H and O–H groups in total. The molecule has 4 rings (SSSR count). The van der Waals surface area contributed by atoms with Gasteiger partial charge in [-0.2, -0.15) is 0 Å². The molecule has 0 radical (unpaired) electrons. The minimum absolute atomic E-state index is 0.112. The molecule has 0 amide bonds. The Labute approximate surface area is 162 Å². The van der Waals surface area contributed by atoms with Crippen LogP contribution in [0.15, 0.2) is 91.0 Å². The third-order valence-corrected chi connectivity index (χ3v) is 6.01. The van der Waals surface area contributed by atoms with Gasteiger partial charge in [-0.3, -0.25) is 0 Å². The van der Waals surface area contributed by atoms with Gasteiger partial charge < -0.3 is 10.0 Å². The number of nitrogens with zero attached hydrogens (tertiary/aromatic N) is 1. The maximum atomic E-state index is 12.3. The van der Waals surface area contributed by atoms with Gasteiger partial charge in [0.2, 0.25) is 0 Å². The summed E-state index contributed by atoms with van der Waals surface area (Å²) in [6, 6.07) is 31.0. The summed E-state index contributed by atoms with van der Waals surface area (Å²) in [6.07, 6.45) is 0.955. The van der Waals surface area contributed by atoms with Gasteiger partial charge in [0.15, 0.2) is 0 Å². The number of likely N-dealkylation sites (N-methyl/N-ethyl adjacent to an activating group) is 1. The molecule has 2 atom stereocenters. The topological polar surface area (TPSA) is 23.5 Å². The van der Waals surface area contributed by atoms with E-state index in [0.29, 0.717) is 0 Å². The van der Waals surface area contributed by atoms with Crippen molar-refractivity contribution in [1.29, 1.82) is 0 Å². The molecule has 2 heteroatoms. The number of hydrogen-bond acceptors (Lipinski definition) is 2. The number of hydrogen-bond donors (Lipinski definition) is 1. The van der Waals surface area contributed by atoms with Crippen LogP contribution in [0.1, 0.15) is 29.0 Å². The average Bonchev–Trinajstić information content (AvgIpc) is 2.75. The van der Waals surface area contributed by atoms with Crippen molar-refractivity contribution in [2.75, 3.05) is 20.1 Å². The molecule has 3 aromatic rings. The first-order chi connectivity index (χ1) is 13.2. The van der Waals surface area contributed by atoms with Gasteiger partial charge in [-0.25, -0.2) is 0 Å². The highest BCUT2D eigenvalue weighted by molar-refractivity contribution is 5.39. The van der Waals surface area contributed by atoms with Crippen LogP contribution in [-0.4, -0.2) is 30.1 Å². The zero-order valence-corrected chi connectivity index (χ0v) is 15.8. The van der Waals surface area contributed by atoms with Crippen LogP contribution in [0.5, 0.6) is 0 Å². The van der Waals surface area contributed by atoms with Gasteiger partial charge in [-0.15, -0.1) is 0 Å². The molecule has 0 bridgehead atoms. The second-order valence-electron chi connectivity index (χ2n) is 7.67. The largest absolute Gasteiger partial charge is 0.380 e. The number of likely N-dealkylation sites (tertiary alicyclic amines) is 1. The van der Waals surface area contributed by atoms with Gasteiger partial charge in [0.1, 0.15) is 5.60 Å². The molecule has 0 unspecified atom stereocenters. The Morgan fingerprint density at radius 3 is 1.78 bits per heavy atom. The summed E-state index contributed by atoms with van der Waals surface area (Å²) < 4.78 is 0. The van der Waals surface area contributed by atoms with Crippen molar-refractivity contribution in [3.8, 4) is 0 Å². The first-order valence-electron chi connectivity index (χ1n) is 9.76. The summed E-state index contributed by atoms with van der Waals surface area (Å²) in [5.41, 5.74) is 2.25. The van der Waals surface area contributed by atoms with Crippen LogP contribution in [0.25, 0.3) is 0 Å². The molecule has 27 heavy (non-hydrogen) atoms. The number of aliphatic hydroxyl groups is 1. The molecule has 1 saturated heterocycles. The molecular formula is C25H27NO. The van der Waals surface area contributed by atoms with E-state index in [2.05, 4.69) is 66.5 Å². The monoisotopic (exact) mass is 357 g/mol. The third kappa shape index (κ3) is 3.43. The van der Waals surface area contributed by atoms with Crippen LogP contribution in [0.4, 0.5) is 0 Å². The van der Waals surface area contributed by atoms with Crippen molar-refractivity contribution in [3.63, 3.8) is 0 Å². The normalized spacial score (nSPS) is 21.1. The van der Waals surface area contributed by atoms with Gasteiger partial charge >= 0.3 is 0 Å². The lowest BCUT2D eigenvalue weighted by Gasteiger charge is -2.46. The van der Waals surface area contributed by atoms with Gasteiger partial charge in [0, 0.05) is 18.4 Å². The lowest BCUT2D eigenvalue weighted by Crippen LogP contribution is -2.47. The van der Waals surface area contributed by atoms with Crippen molar-refractivity contribution in [1.82, 2.24) is 4.90 Å². The van der Waals surface area contributed by atoms with E-state index in [-0.39, 0.29) is 11.8 Å². The Morgan fingerprint density at radius 2 is 1.26 bits per heavy atom. The molecule has 138 valence electrons. The molecule has 3 aromatic carbocycles. The summed E-state index contributed by atoms with van der Waals surface area (Å²) >= 11 is 0. The van der Waals surface area contributed by atoms with Crippen molar-refractivity contribution >= 4 is 0 Å². The fourth-order valence-electron chi connectivity index (χ4n) is 4.63. The standard InChI is InChI=1S/C25H27NO/c1-26-18-17-24(23(19-26)20-11-5-2-6-12-20)25(27,21-13-7-3-8-14-21)22-15-9-4-10-16-22/h2-16,23-24,27H,17-19H2,1H3/t23-,24+/m1/s1. The molecule has 1 aliphatic rings. The van der Waals surface area contributed by atoms with E-state index in [1.807, 2.05) is 36.4 Å². The molecule has 0 aromatic heterocycles. The second-order valence-corrected chi connectivity index (χ2v) is 7.67. The summed E-state index contributed by atoms with van der Waals surface area (Å²) in [6.45, 7) is 1.95. The molecule has 0 spiro atoms. The Kier molecular flexibility index (Phi) is 5.11. The van der Waals surface area contributed by atoms with Gasteiger partial charge in [-0.1, -0.05) is 91.0 Å². The van der Waals surface area contributed by atoms with E-state index < -0.39 is 5.60 Å². The average molecular weight is 357 g/mol. The SMILES string of the molecule is CN1CC[C@H](C(O)(c2ccccc2)c2ccccc2)[C@@H](c2ccccc2)C1. The zero-order chi connectivity index (χ0) is 18.7. The van der Waals surface area contributed by atoms with Crippen molar-refractivity contribution < 1.29 is 5.11 Å². The molecule has 0 aliphatic carbocycles. The highest BCUT2D eigenvalue weighted by Gasteiger charge is 2.46. The molecule has 2 nitrogen and oxygen atoms in total. The quantitative estimate of drug-likeness (QED) is 0.734. The number of piperidine rings is 1. The highest BCUT2D eigenvalue weighted by atomic mass is 16.3. The lowest BCUT2D eigenvalue weighted by atomic mass is 9.66. The lowest BCUT2D eigenvalue weighted by molar-refractivity contribution is -0.0229. The first kappa shape index (κ1) is 18.0. The van der Waals surface area contributed by atoms with Crippen LogP contribution in [0, 0.1) is 5.92 Å². The molecule has 1 fully saturated rings. The highest BCUT2D eigenvalue weighted by Crippen LogP contribution is 2.47. The van der Waals surface area contributed by atoms with Crippen molar-refractivity contribution in [2.45, 2.75) is 17.9 Å². The summed E-state index contributed by atoms with van der Waals surface area (Å²) in [5, 5.41) is 12.3. The van der Waals surface area contributed by atoms with Crippen molar-refractivity contribution in [2.24, 2.45) is 5.92 Å². The third-order valence-electron chi connectivity index (χ3n) is 6.01. The maximum absolute atomic E-state index is 12.3. The first-order valence-corrected chi connectivity index (χ1v) is 9.76. The molecule has 0 saturated carbocycles. The Balaban J connectivity index is 1.85. The van der Waals surface area contributed by atoms with Crippen molar-refractivity contribution in [3.05, 3.63) is 108 Å². The van der Waals surface area contributed by atoms with Crippen LogP contribution in [0.2, 0.25) is 0 Å². The zero-order valence-electron chi connectivity index (χ0n) is 15.8. The summed E-state index contributed by atoms with van der Waals surface area (Å²) in [7, 11) is 2.18. The van der Waals surface area contributed by atoms with Gasteiger partial charge in [0.25, 0.3) is 0 Å². The van der Waals surface area contributed by atoms with Crippen LogP contribution in [-0.2, 0) is 5.60 Å². The molecule has 1 heterocycles. The van der Waals surface area contributed by atoms with E-state index in [1.54, 1.807) is 0 Å². The van der Waals surface area contributed by atoms with Gasteiger partial charge in [-0.05, 0) is 36.7 Å². The van der Waals surface area contributed by atoms with Crippen LogP contribution >= 0.6 is 0 Å². The molecular weight excluding hydrogens is 330 g/mol. The predicted octanol–water partition coefficient (Wildman–Crippen LogP) is 4.66. The smallest absolute Gasteiger partial charge is 0.118 e. The van der Waals surface area contributed by atoms with Gasteiger partial charge in [0.05, 0.1) is 0 Å². The van der Waals surface area contributed by atoms with E-state index in [0.717, 1.165) is 30.6 Å². The Hall–Kier alpha value is -2.42. The molecule has 1 aliphatic heterocycles. The van der Waals surface area contributed by atoms with Crippen LogP contribution in [0.3, 0.4) is 0 Å². The minimum atomic E-state index is -1.01. The fraction of sp³-hybridized carbons (Fsp3) is 0.280. The Bertz CT molecular complexity index is 808. The predicted molar refractivity (Wildman–Crippen MR) is 111 cm³/mol. The van der Waals surface area contributed by atoms with E-state index in [4.69, 9.17) is 0 Å². The van der Waals surface area contributed by atoms with E-state index in [9.17, 15) is 5.11 Å². The van der Waals surface area contributed by atoms with Crippen LogP contribution < -0.4 is 0 Å². The minimum Gasteiger partial charge on any atom is -0.380 e. The maximum Gasteiger partial charge on any atom is 0.118 e. The van der Waals surface area contributed by atoms with E-state index >= 15 is 0 Å². The Morgan fingerprint density at radius 1 is 0.778 bits per heavy atom.